The summed E-state index contributed by atoms with van der Waals surface area (Å²) in [5.74, 6) is 1.66. The third-order valence-electron chi connectivity index (χ3n) is 2.74. The Morgan fingerprint density at radius 1 is 1.53 bits per heavy atom. The molecule has 1 aliphatic heterocycles. The van der Waals surface area contributed by atoms with Crippen molar-refractivity contribution < 1.29 is 9.47 Å². The lowest BCUT2D eigenvalue weighted by Crippen LogP contribution is -2.20. The van der Waals surface area contributed by atoms with E-state index in [4.69, 9.17) is 15.2 Å². The van der Waals surface area contributed by atoms with Crippen molar-refractivity contribution in [2.75, 3.05) is 31.3 Å². The first kappa shape index (κ1) is 11.9. The molecule has 0 aliphatic carbocycles. The Morgan fingerprint density at radius 2 is 2.35 bits per heavy atom. The van der Waals surface area contributed by atoms with Crippen molar-refractivity contribution in [1.29, 1.82) is 0 Å². The van der Waals surface area contributed by atoms with Gasteiger partial charge in [-0.1, -0.05) is 0 Å². The number of hydrogen-bond donors (Lipinski definition) is 2. The number of hydrogen-bond acceptors (Lipinski definition) is 6. The molecule has 0 aromatic carbocycles. The second-order valence-electron chi connectivity index (χ2n) is 4.06. The minimum atomic E-state index is 0.246. The van der Waals surface area contributed by atoms with Crippen LogP contribution >= 0.6 is 0 Å². The van der Waals surface area contributed by atoms with Crippen LogP contribution in [0.2, 0.25) is 0 Å². The van der Waals surface area contributed by atoms with E-state index in [2.05, 4.69) is 15.3 Å². The third kappa shape index (κ3) is 2.76. The SMILES string of the molecule is COc1nc(C)nc(NCC2CCCO2)c1N. The van der Waals surface area contributed by atoms with E-state index in [1.165, 1.54) is 0 Å². The summed E-state index contributed by atoms with van der Waals surface area (Å²) < 4.78 is 10.6. The predicted octanol–water partition coefficient (Wildman–Crippen LogP) is 0.967. The monoisotopic (exact) mass is 238 g/mol. The van der Waals surface area contributed by atoms with Gasteiger partial charge in [-0.15, -0.1) is 0 Å². The molecular formula is C11H18N4O2. The largest absolute Gasteiger partial charge is 0.479 e. The van der Waals surface area contributed by atoms with Crippen LogP contribution < -0.4 is 15.8 Å². The normalized spacial score (nSPS) is 19.3. The molecule has 1 saturated heterocycles. The highest BCUT2D eigenvalue weighted by atomic mass is 16.5. The van der Waals surface area contributed by atoms with Crippen molar-refractivity contribution in [3.05, 3.63) is 5.82 Å². The summed E-state index contributed by atoms with van der Waals surface area (Å²) in [7, 11) is 1.54. The Balaban J connectivity index is 2.06. The number of methoxy groups -OCH3 is 1. The summed E-state index contributed by atoms with van der Waals surface area (Å²) in [4.78, 5) is 8.36. The molecule has 1 aliphatic rings. The Bertz CT molecular complexity index is 391. The van der Waals surface area contributed by atoms with Gasteiger partial charge in [-0.05, 0) is 19.8 Å². The number of ether oxygens (including phenoxy) is 2. The molecule has 1 aromatic rings. The maximum absolute atomic E-state index is 5.89. The number of nitrogens with zero attached hydrogens (tertiary/aromatic N) is 2. The summed E-state index contributed by atoms with van der Waals surface area (Å²) in [5.41, 5.74) is 6.33. The van der Waals surface area contributed by atoms with Crippen molar-refractivity contribution >= 4 is 11.5 Å². The lowest BCUT2D eigenvalue weighted by atomic mass is 10.2. The van der Waals surface area contributed by atoms with Gasteiger partial charge in [0, 0.05) is 13.2 Å². The first-order valence-corrected chi connectivity index (χ1v) is 5.74. The molecule has 0 bridgehead atoms. The van der Waals surface area contributed by atoms with E-state index in [1.54, 1.807) is 14.0 Å². The van der Waals surface area contributed by atoms with E-state index in [9.17, 15) is 0 Å². The zero-order valence-corrected chi connectivity index (χ0v) is 10.2. The summed E-state index contributed by atoms with van der Waals surface area (Å²) >= 11 is 0. The van der Waals surface area contributed by atoms with Gasteiger partial charge >= 0.3 is 0 Å². The molecule has 1 fully saturated rings. The Labute approximate surface area is 101 Å². The molecule has 94 valence electrons. The van der Waals surface area contributed by atoms with E-state index in [-0.39, 0.29) is 6.10 Å². The fourth-order valence-electron chi connectivity index (χ4n) is 1.86. The molecule has 0 amide bonds. The van der Waals surface area contributed by atoms with E-state index in [1.807, 2.05) is 0 Å². The van der Waals surface area contributed by atoms with Gasteiger partial charge in [-0.2, -0.15) is 4.98 Å². The maximum Gasteiger partial charge on any atom is 0.242 e. The van der Waals surface area contributed by atoms with Crippen molar-refractivity contribution in [2.24, 2.45) is 0 Å². The van der Waals surface area contributed by atoms with Crippen LogP contribution in [0.4, 0.5) is 11.5 Å². The molecule has 0 radical (unpaired) electrons. The average Bonchev–Trinajstić information content (AvgIpc) is 2.82. The fraction of sp³-hybridized carbons (Fsp3) is 0.636. The third-order valence-corrected chi connectivity index (χ3v) is 2.74. The molecule has 1 unspecified atom stereocenters. The zero-order chi connectivity index (χ0) is 12.3. The van der Waals surface area contributed by atoms with Crippen LogP contribution in [0, 0.1) is 6.92 Å². The molecule has 3 N–H and O–H groups in total. The smallest absolute Gasteiger partial charge is 0.242 e. The summed E-state index contributed by atoms with van der Waals surface area (Å²) in [6, 6.07) is 0. The second-order valence-corrected chi connectivity index (χ2v) is 4.06. The standard InChI is InChI=1S/C11H18N4O2/c1-7-14-10(9(12)11(15-7)16-2)13-6-8-4-3-5-17-8/h8H,3-6,12H2,1-2H3,(H,13,14,15). The Hall–Kier alpha value is -1.56. The molecular weight excluding hydrogens is 220 g/mol. The van der Waals surface area contributed by atoms with E-state index in [0.29, 0.717) is 29.8 Å². The molecule has 2 heterocycles. The van der Waals surface area contributed by atoms with Crippen LogP contribution in [0.1, 0.15) is 18.7 Å². The molecule has 1 atom stereocenters. The van der Waals surface area contributed by atoms with E-state index >= 15 is 0 Å². The van der Waals surface area contributed by atoms with Gasteiger partial charge in [0.25, 0.3) is 0 Å². The first-order chi connectivity index (χ1) is 8.20. The second kappa shape index (κ2) is 5.18. The van der Waals surface area contributed by atoms with Crippen molar-refractivity contribution in [3.8, 4) is 5.88 Å². The summed E-state index contributed by atoms with van der Waals surface area (Å²) in [6.07, 6.45) is 2.44. The Kier molecular flexibility index (Phi) is 3.63. The molecule has 1 aromatic heterocycles. The molecule has 0 spiro atoms. The average molecular weight is 238 g/mol. The van der Waals surface area contributed by atoms with Gasteiger partial charge in [0.05, 0.1) is 13.2 Å². The molecule has 6 nitrogen and oxygen atoms in total. The number of nitrogens with one attached hydrogen (secondary N) is 1. The quantitative estimate of drug-likeness (QED) is 0.813. The molecule has 2 rings (SSSR count). The number of nitrogen functional groups attached to an aromatic ring is 1. The van der Waals surface area contributed by atoms with Crippen LogP contribution in [0.15, 0.2) is 0 Å². The number of nitrogens with two attached hydrogens (primary N) is 1. The topological polar surface area (TPSA) is 82.3 Å². The molecule has 6 heteroatoms. The minimum Gasteiger partial charge on any atom is -0.479 e. The number of aromatic nitrogens is 2. The number of aryl methyl sites for hydroxylation is 1. The van der Waals surface area contributed by atoms with Crippen molar-refractivity contribution in [3.63, 3.8) is 0 Å². The van der Waals surface area contributed by atoms with Crippen LogP contribution in [0.25, 0.3) is 0 Å². The van der Waals surface area contributed by atoms with Gasteiger partial charge in [0.1, 0.15) is 11.5 Å². The number of anilines is 2. The van der Waals surface area contributed by atoms with Gasteiger partial charge in [-0.3, -0.25) is 0 Å². The highest BCUT2D eigenvalue weighted by Gasteiger charge is 2.17. The van der Waals surface area contributed by atoms with Crippen LogP contribution in [0.5, 0.6) is 5.88 Å². The molecule has 17 heavy (non-hydrogen) atoms. The zero-order valence-electron chi connectivity index (χ0n) is 10.2. The lowest BCUT2D eigenvalue weighted by molar-refractivity contribution is 0.120. The summed E-state index contributed by atoms with van der Waals surface area (Å²) in [6.45, 7) is 3.36. The maximum atomic E-state index is 5.89. The fourth-order valence-corrected chi connectivity index (χ4v) is 1.86. The first-order valence-electron chi connectivity index (χ1n) is 5.74. The predicted molar refractivity (Wildman–Crippen MR) is 65.2 cm³/mol. The highest BCUT2D eigenvalue weighted by molar-refractivity contribution is 5.66. The van der Waals surface area contributed by atoms with Gasteiger partial charge in [-0.25, -0.2) is 4.98 Å². The van der Waals surface area contributed by atoms with Gasteiger partial charge < -0.3 is 20.5 Å². The van der Waals surface area contributed by atoms with Crippen LogP contribution in [-0.4, -0.2) is 36.3 Å². The van der Waals surface area contributed by atoms with Gasteiger partial charge in [0.2, 0.25) is 5.88 Å². The highest BCUT2D eigenvalue weighted by Crippen LogP contribution is 2.25. The van der Waals surface area contributed by atoms with Crippen LogP contribution in [-0.2, 0) is 4.74 Å². The van der Waals surface area contributed by atoms with E-state index < -0.39 is 0 Å². The van der Waals surface area contributed by atoms with Crippen molar-refractivity contribution in [1.82, 2.24) is 9.97 Å². The molecule has 0 saturated carbocycles. The Morgan fingerprint density at radius 3 is 3.00 bits per heavy atom. The number of rotatable bonds is 4. The van der Waals surface area contributed by atoms with E-state index in [0.717, 1.165) is 19.4 Å². The van der Waals surface area contributed by atoms with Gasteiger partial charge in [0.15, 0.2) is 5.82 Å². The van der Waals surface area contributed by atoms with Crippen molar-refractivity contribution in [2.45, 2.75) is 25.9 Å². The summed E-state index contributed by atoms with van der Waals surface area (Å²) in [5, 5.41) is 3.19. The minimum absolute atomic E-state index is 0.246. The van der Waals surface area contributed by atoms with Crippen LogP contribution in [0.3, 0.4) is 0 Å². The lowest BCUT2D eigenvalue weighted by Gasteiger charge is -2.14.